The van der Waals surface area contributed by atoms with Crippen LogP contribution in [0.3, 0.4) is 0 Å². The molecule has 0 aromatic carbocycles. The minimum atomic E-state index is -0.348. The van der Waals surface area contributed by atoms with E-state index in [1.165, 1.54) is 12.3 Å². The topological polar surface area (TPSA) is 34.2 Å². The summed E-state index contributed by atoms with van der Waals surface area (Å²) in [7, 11) is 1.80. The second-order valence-corrected chi connectivity index (χ2v) is 4.55. The summed E-state index contributed by atoms with van der Waals surface area (Å²) >= 11 is 1.62. The lowest BCUT2D eigenvalue weighted by Gasteiger charge is -2.09. The third-order valence-corrected chi connectivity index (χ3v) is 3.04. The summed E-state index contributed by atoms with van der Waals surface area (Å²) in [4.78, 5) is 5.08. The Morgan fingerprint density at radius 2 is 2.41 bits per heavy atom. The minimum Gasteiger partial charge on any atom is -0.472 e. The summed E-state index contributed by atoms with van der Waals surface area (Å²) in [6.45, 7) is 0.998. The number of ether oxygens (including phenoxy) is 1. The normalized spacial score (nSPS) is 10.5. The highest BCUT2D eigenvalue weighted by Gasteiger charge is 2.07. The van der Waals surface area contributed by atoms with Crippen molar-refractivity contribution in [3.05, 3.63) is 46.0 Å². The molecule has 0 atom stereocenters. The van der Waals surface area contributed by atoms with E-state index in [1.807, 2.05) is 17.5 Å². The first kappa shape index (κ1) is 12.0. The Morgan fingerprint density at radius 1 is 1.53 bits per heavy atom. The standard InChI is InChI=1S/C12H13FN2OS/c1-14-6-9-5-10(13)7-15-12(9)16-8-11-3-2-4-17-11/h2-5,7,14H,6,8H2,1H3. The van der Waals surface area contributed by atoms with Gasteiger partial charge in [-0.05, 0) is 24.6 Å². The fraction of sp³-hybridized carbons (Fsp3) is 0.250. The van der Waals surface area contributed by atoms with Crippen molar-refractivity contribution in [1.29, 1.82) is 0 Å². The highest BCUT2D eigenvalue weighted by molar-refractivity contribution is 7.09. The SMILES string of the molecule is CNCc1cc(F)cnc1OCc1cccs1. The Morgan fingerprint density at radius 3 is 3.12 bits per heavy atom. The van der Waals surface area contributed by atoms with E-state index in [-0.39, 0.29) is 5.82 Å². The van der Waals surface area contributed by atoms with Gasteiger partial charge >= 0.3 is 0 Å². The molecule has 3 nitrogen and oxygen atoms in total. The van der Waals surface area contributed by atoms with Crippen molar-refractivity contribution in [2.24, 2.45) is 0 Å². The lowest BCUT2D eigenvalue weighted by atomic mass is 10.2. The molecule has 0 aliphatic carbocycles. The van der Waals surface area contributed by atoms with Gasteiger partial charge in [0.25, 0.3) is 0 Å². The van der Waals surface area contributed by atoms with Gasteiger partial charge in [0, 0.05) is 17.0 Å². The van der Waals surface area contributed by atoms with Crippen LogP contribution in [-0.4, -0.2) is 12.0 Å². The number of rotatable bonds is 5. The molecule has 0 radical (unpaired) electrons. The zero-order valence-electron chi connectivity index (χ0n) is 9.44. The van der Waals surface area contributed by atoms with Crippen molar-refractivity contribution in [2.75, 3.05) is 7.05 Å². The van der Waals surface area contributed by atoms with Gasteiger partial charge < -0.3 is 10.1 Å². The van der Waals surface area contributed by atoms with Crippen molar-refractivity contribution in [3.63, 3.8) is 0 Å². The Hall–Kier alpha value is -1.46. The van der Waals surface area contributed by atoms with Crippen LogP contribution in [0.1, 0.15) is 10.4 Å². The molecule has 0 saturated carbocycles. The van der Waals surface area contributed by atoms with Crippen LogP contribution in [0.15, 0.2) is 29.8 Å². The maximum Gasteiger partial charge on any atom is 0.218 e. The zero-order valence-corrected chi connectivity index (χ0v) is 10.3. The molecule has 90 valence electrons. The number of aromatic nitrogens is 1. The van der Waals surface area contributed by atoms with Gasteiger partial charge in [-0.15, -0.1) is 11.3 Å². The van der Waals surface area contributed by atoms with Crippen molar-refractivity contribution in [3.8, 4) is 5.88 Å². The predicted molar refractivity (Wildman–Crippen MR) is 65.6 cm³/mol. The molecule has 0 amide bonds. The van der Waals surface area contributed by atoms with E-state index in [9.17, 15) is 4.39 Å². The van der Waals surface area contributed by atoms with E-state index in [0.717, 1.165) is 10.4 Å². The first-order chi connectivity index (χ1) is 8.29. The van der Waals surface area contributed by atoms with Crippen LogP contribution >= 0.6 is 11.3 Å². The third-order valence-electron chi connectivity index (χ3n) is 2.19. The number of hydrogen-bond donors (Lipinski definition) is 1. The van der Waals surface area contributed by atoms with Crippen LogP contribution < -0.4 is 10.1 Å². The first-order valence-corrected chi connectivity index (χ1v) is 6.12. The largest absolute Gasteiger partial charge is 0.472 e. The number of nitrogens with zero attached hydrogens (tertiary/aromatic N) is 1. The fourth-order valence-electron chi connectivity index (χ4n) is 1.45. The second-order valence-electron chi connectivity index (χ2n) is 3.52. The quantitative estimate of drug-likeness (QED) is 0.888. The molecule has 0 bridgehead atoms. The lowest BCUT2D eigenvalue weighted by Crippen LogP contribution is -2.09. The van der Waals surface area contributed by atoms with Crippen LogP contribution in [-0.2, 0) is 13.2 Å². The van der Waals surface area contributed by atoms with Crippen LogP contribution in [0.4, 0.5) is 4.39 Å². The van der Waals surface area contributed by atoms with Gasteiger partial charge in [0.2, 0.25) is 5.88 Å². The van der Waals surface area contributed by atoms with Gasteiger partial charge in [0.05, 0.1) is 6.20 Å². The smallest absolute Gasteiger partial charge is 0.218 e. The number of nitrogens with one attached hydrogen (secondary N) is 1. The molecule has 0 spiro atoms. The van der Waals surface area contributed by atoms with Crippen LogP contribution in [0.5, 0.6) is 5.88 Å². The molecular weight excluding hydrogens is 239 g/mol. The Balaban J connectivity index is 2.08. The molecule has 2 heterocycles. The van der Waals surface area contributed by atoms with E-state index in [4.69, 9.17) is 4.74 Å². The highest BCUT2D eigenvalue weighted by atomic mass is 32.1. The van der Waals surface area contributed by atoms with Gasteiger partial charge in [-0.3, -0.25) is 0 Å². The maximum absolute atomic E-state index is 13.0. The van der Waals surface area contributed by atoms with Gasteiger partial charge in [-0.1, -0.05) is 6.07 Å². The second kappa shape index (κ2) is 5.75. The Bertz CT molecular complexity index is 473. The predicted octanol–water partition coefficient (Wildman–Crippen LogP) is 2.58. The van der Waals surface area contributed by atoms with Crippen LogP contribution in [0, 0.1) is 5.82 Å². The molecule has 2 rings (SSSR count). The molecule has 17 heavy (non-hydrogen) atoms. The summed E-state index contributed by atoms with van der Waals surface area (Å²) in [6, 6.07) is 5.40. The molecule has 2 aromatic heterocycles. The summed E-state index contributed by atoms with van der Waals surface area (Å²) in [5.74, 6) is 0.132. The Kier molecular flexibility index (Phi) is 4.06. The van der Waals surface area contributed by atoms with E-state index in [0.29, 0.717) is 19.0 Å². The van der Waals surface area contributed by atoms with Gasteiger partial charge in [-0.2, -0.15) is 0 Å². The first-order valence-electron chi connectivity index (χ1n) is 5.24. The number of pyridine rings is 1. The van der Waals surface area contributed by atoms with Gasteiger partial charge in [-0.25, -0.2) is 9.37 Å². The number of halogens is 1. The van der Waals surface area contributed by atoms with Crippen molar-refractivity contribution in [2.45, 2.75) is 13.2 Å². The van der Waals surface area contributed by atoms with Crippen molar-refractivity contribution in [1.82, 2.24) is 10.3 Å². The lowest BCUT2D eigenvalue weighted by molar-refractivity contribution is 0.292. The third kappa shape index (κ3) is 3.25. The molecule has 2 aromatic rings. The molecule has 0 saturated heterocycles. The average molecular weight is 252 g/mol. The highest BCUT2D eigenvalue weighted by Crippen LogP contribution is 2.18. The maximum atomic E-state index is 13.0. The monoisotopic (exact) mass is 252 g/mol. The Labute approximate surface area is 103 Å². The summed E-state index contributed by atoms with van der Waals surface area (Å²) in [5, 5.41) is 4.95. The van der Waals surface area contributed by atoms with Gasteiger partial charge in [0.1, 0.15) is 12.4 Å². The summed E-state index contributed by atoms with van der Waals surface area (Å²) in [5.41, 5.74) is 0.726. The molecule has 0 fully saturated rings. The summed E-state index contributed by atoms with van der Waals surface area (Å²) < 4.78 is 18.6. The molecular formula is C12H13FN2OS. The van der Waals surface area contributed by atoms with Crippen LogP contribution in [0.25, 0.3) is 0 Å². The van der Waals surface area contributed by atoms with Crippen LogP contribution in [0.2, 0.25) is 0 Å². The van der Waals surface area contributed by atoms with Gasteiger partial charge in [0.15, 0.2) is 0 Å². The molecule has 0 unspecified atom stereocenters. The van der Waals surface area contributed by atoms with E-state index in [2.05, 4.69) is 10.3 Å². The average Bonchev–Trinajstić information content (AvgIpc) is 2.81. The molecule has 0 aliphatic rings. The fourth-order valence-corrected chi connectivity index (χ4v) is 2.07. The van der Waals surface area contributed by atoms with E-state index < -0.39 is 0 Å². The van der Waals surface area contributed by atoms with Crippen molar-refractivity contribution < 1.29 is 9.13 Å². The van der Waals surface area contributed by atoms with Crippen molar-refractivity contribution >= 4 is 11.3 Å². The molecule has 5 heteroatoms. The van der Waals surface area contributed by atoms with E-state index in [1.54, 1.807) is 18.4 Å². The number of thiophene rings is 1. The van der Waals surface area contributed by atoms with E-state index >= 15 is 0 Å². The summed E-state index contributed by atoms with van der Waals surface area (Å²) in [6.07, 6.45) is 1.17. The minimum absolute atomic E-state index is 0.348. The molecule has 0 aliphatic heterocycles. The zero-order chi connectivity index (χ0) is 12.1. The molecule has 1 N–H and O–H groups in total. The number of hydrogen-bond acceptors (Lipinski definition) is 4.